The van der Waals surface area contributed by atoms with Crippen molar-refractivity contribution >= 4 is 22.9 Å². The first-order chi connectivity index (χ1) is 11.2. The SMILES string of the molecule is CC(=O)[C@H]1[C@@H](c2ccc([N+](=O)[O-])cc2)[C@H]2C(C)=NN=C2C[C@]1(C)O. The lowest BCUT2D eigenvalue weighted by molar-refractivity contribution is -0.384. The van der Waals surface area contributed by atoms with Gasteiger partial charge in [-0.3, -0.25) is 14.9 Å². The van der Waals surface area contributed by atoms with Crippen LogP contribution in [-0.4, -0.2) is 32.8 Å². The first kappa shape index (κ1) is 16.4. The first-order valence-electron chi connectivity index (χ1n) is 7.80. The second kappa shape index (κ2) is 5.59. The number of benzene rings is 1. The molecule has 2 aliphatic rings. The maximum absolute atomic E-state index is 12.3. The Morgan fingerprint density at radius 3 is 2.50 bits per heavy atom. The van der Waals surface area contributed by atoms with E-state index in [0.717, 1.165) is 17.0 Å². The molecule has 0 unspecified atom stereocenters. The lowest BCUT2D eigenvalue weighted by Crippen LogP contribution is -2.53. The van der Waals surface area contributed by atoms with Crippen LogP contribution in [0.1, 0.15) is 38.7 Å². The molecule has 1 fully saturated rings. The van der Waals surface area contributed by atoms with Crippen LogP contribution in [0.4, 0.5) is 5.69 Å². The summed E-state index contributed by atoms with van der Waals surface area (Å²) in [5.41, 5.74) is 1.10. The number of non-ortho nitro benzene ring substituents is 1. The van der Waals surface area contributed by atoms with Crippen molar-refractivity contribution in [2.45, 2.75) is 38.7 Å². The standard InChI is InChI=1S/C17H19N3O4/c1-9-14-13(19-18-9)8-17(3,22)16(10(2)21)15(14)11-4-6-12(7-5-11)20(23)24/h4-7,14-16,22H,8H2,1-3H3/t14-,15-,16-,17-/m0/s1. The van der Waals surface area contributed by atoms with Gasteiger partial charge in [0.1, 0.15) is 5.78 Å². The fourth-order valence-electron chi connectivity index (χ4n) is 4.07. The van der Waals surface area contributed by atoms with Crippen molar-refractivity contribution in [3.05, 3.63) is 39.9 Å². The molecular formula is C17H19N3O4. The zero-order valence-electron chi connectivity index (χ0n) is 13.8. The largest absolute Gasteiger partial charge is 0.389 e. The monoisotopic (exact) mass is 329 g/mol. The molecule has 1 aliphatic carbocycles. The number of nitro benzene ring substituents is 1. The van der Waals surface area contributed by atoms with E-state index in [1.807, 2.05) is 6.92 Å². The quantitative estimate of drug-likeness (QED) is 0.679. The van der Waals surface area contributed by atoms with Crippen molar-refractivity contribution in [2.75, 3.05) is 0 Å². The molecule has 7 heteroatoms. The molecule has 4 atom stereocenters. The van der Waals surface area contributed by atoms with Gasteiger partial charge in [0.15, 0.2) is 0 Å². The van der Waals surface area contributed by atoms with Crippen LogP contribution >= 0.6 is 0 Å². The normalized spacial score (nSPS) is 31.9. The highest BCUT2D eigenvalue weighted by Gasteiger charge is 2.53. The molecule has 0 aromatic heterocycles. The highest BCUT2D eigenvalue weighted by Crippen LogP contribution is 2.48. The van der Waals surface area contributed by atoms with Crippen molar-refractivity contribution in [3.8, 4) is 0 Å². The van der Waals surface area contributed by atoms with Gasteiger partial charge in [0, 0.05) is 36.1 Å². The second-order valence-corrected chi connectivity index (χ2v) is 6.81. The minimum atomic E-state index is -1.23. The van der Waals surface area contributed by atoms with Crippen LogP contribution in [0.3, 0.4) is 0 Å². The molecule has 0 saturated heterocycles. The Morgan fingerprint density at radius 1 is 1.33 bits per heavy atom. The number of carbonyl (C=O) groups is 1. The van der Waals surface area contributed by atoms with E-state index < -0.39 is 16.4 Å². The van der Waals surface area contributed by atoms with E-state index in [-0.39, 0.29) is 23.3 Å². The van der Waals surface area contributed by atoms with E-state index in [4.69, 9.17) is 0 Å². The number of aliphatic hydroxyl groups is 1. The Bertz CT molecular complexity index is 765. The highest BCUT2D eigenvalue weighted by molar-refractivity contribution is 6.12. The fourth-order valence-corrected chi connectivity index (χ4v) is 4.07. The van der Waals surface area contributed by atoms with Gasteiger partial charge in [0.05, 0.1) is 22.2 Å². The van der Waals surface area contributed by atoms with Gasteiger partial charge in [-0.25, -0.2) is 0 Å². The summed E-state index contributed by atoms with van der Waals surface area (Å²) in [6, 6.07) is 6.16. The minimum Gasteiger partial charge on any atom is -0.389 e. The maximum Gasteiger partial charge on any atom is 0.269 e. The Morgan fingerprint density at radius 2 is 1.96 bits per heavy atom. The van der Waals surface area contributed by atoms with Crippen molar-refractivity contribution in [2.24, 2.45) is 22.0 Å². The summed E-state index contributed by atoms with van der Waals surface area (Å²) in [6.07, 6.45) is 0.298. The van der Waals surface area contributed by atoms with Crippen molar-refractivity contribution in [3.63, 3.8) is 0 Å². The second-order valence-electron chi connectivity index (χ2n) is 6.81. The fraction of sp³-hybridized carbons (Fsp3) is 0.471. The summed E-state index contributed by atoms with van der Waals surface area (Å²) in [4.78, 5) is 22.7. The Labute approximate surface area is 139 Å². The van der Waals surface area contributed by atoms with Gasteiger partial charge >= 0.3 is 0 Å². The highest BCUT2D eigenvalue weighted by atomic mass is 16.6. The van der Waals surface area contributed by atoms with E-state index in [2.05, 4.69) is 10.2 Å². The lowest BCUT2D eigenvalue weighted by Gasteiger charge is -2.45. The third-order valence-corrected chi connectivity index (χ3v) is 5.00. The predicted octanol–water partition coefficient (Wildman–Crippen LogP) is 2.49. The van der Waals surface area contributed by atoms with Crippen molar-refractivity contribution < 1.29 is 14.8 Å². The van der Waals surface area contributed by atoms with Gasteiger partial charge in [-0.1, -0.05) is 12.1 Å². The van der Waals surface area contributed by atoms with Gasteiger partial charge < -0.3 is 5.11 Å². The number of fused-ring (bicyclic) bond motifs is 1. The summed E-state index contributed by atoms with van der Waals surface area (Å²) in [6.45, 7) is 4.97. The molecule has 0 spiro atoms. The number of ketones is 1. The Kier molecular flexibility index (Phi) is 3.83. The van der Waals surface area contributed by atoms with Gasteiger partial charge in [0.25, 0.3) is 5.69 Å². The van der Waals surface area contributed by atoms with Crippen LogP contribution in [0, 0.1) is 22.0 Å². The molecule has 1 heterocycles. The molecule has 0 radical (unpaired) electrons. The van der Waals surface area contributed by atoms with Crippen LogP contribution in [0.2, 0.25) is 0 Å². The van der Waals surface area contributed by atoms with Crippen LogP contribution in [-0.2, 0) is 4.79 Å². The molecule has 126 valence electrons. The number of hydrogen-bond donors (Lipinski definition) is 1. The third-order valence-electron chi connectivity index (χ3n) is 5.00. The smallest absolute Gasteiger partial charge is 0.269 e. The van der Waals surface area contributed by atoms with Gasteiger partial charge in [0.2, 0.25) is 0 Å². The van der Waals surface area contributed by atoms with Crippen LogP contribution in [0.25, 0.3) is 0 Å². The molecule has 1 aromatic carbocycles. The number of nitro groups is 1. The summed E-state index contributed by atoms with van der Waals surface area (Å²) >= 11 is 0. The summed E-state index contributed by atoms with van der Waals surface area (Å²) in [7, 11) is 0. The van der Waals surface area contributed by atoms with Crippen LogP contribution < -0.4 is 0 Å². The summed E-state index contributed by atoms with van der Waals surface area (Å²) in [5, 5.41) is 30.0. The average Bonchev–Trinajstić information content (AvgIpc) is 2.85. The summed E-state index contributed by atoms with van der Waals surface area (Å²) < 4.78 is 0. The van der Waals surface area contributed by atoms with Crippen LogP contribution in [0.5, 0.6) is 0 Å². The molecule has 0 bridgehead atoms. The van der Waals surface area contributed by atoms with Gasteiger partial charge in [-0.05, 0) is 26.3 Å². The van der Waals surface area contributed by atoms with Crippen LogP contribution in [0.15, 0.2) is 34.5 Å². The summed E-state index contributed by atoms with van der Waals surface area (Å²) in [5.74, 6) is -1.22. The van der Waals surface area contributed by atoms with E-state index >= 15 is 0 Å². The molecule has 1 aromatic rings. The van der Waals surface area contributed by atoms with Crippen molar-refractivity contribution in [1.82, 2.24) is 0 Å². The van der Waals surface area contributed by atoms with E-state index in [1.54, 1.807) is 19.1 Å². The number of hydrogen-bond acceptors (Lipinski definition) is 6. The number of Topliss-reactive ketones (excluding diaryl/α,β-unsaturated/α-hetero) is 1. The first-order valence-corrected chi connectivity index (χ1v) is 7.80. The lowest BCUT2D eigenvalue weighted by atomic mass is 9.59. The molecule has 3 rings (SSSR count). The number of carbonyl (C=O) groups excluding carboxylic acids is 1. The van der Waals surface area contributed by atoms with Gasteiger partial charge in [-0.15, -0.1) is 0 Å². The van der Waals surface area contributed by atoms with E-state index in [9.17, 15) is 20.0 Å². The molecule has 1 aliphatic heterocycles. The zero-order valence-corrected chi connectivity index (χ0v) is 13.8. The molecule has 1 saturated carbocycles. The Hall–Kier alpha value is -2.41. The number of nitrogens with zero attached hydrogens (tertiary/aromatic N) is 3. The molecule has 1 N–H and O–H groups in total. The van der Waals surface area contributed by atoms with Gasteiger partial charge in [-0.2, -0.15) is 10.2 Å². The Balaban J connectivity index is 2.11. The maximum atomic E-state index is 12.3. The molecule has 7 nitrogen and oxygen atoms in total. The number of rotatable bonds is 3. The topological polar surface area (TPSA) is 105 Å². The minimum absolute atomic E-state index is 0.00797. The molecule has 0 amide bonds. The zero-order chi connectivity index (χ0) is 17.6. The molecular weight excluding hydrogens is 310 g/mol. The average molecular weight is 329 g/mol. The van der Waals surface area contributed by atoms with Crippen molar-refractivity contribution in [1.29, 1.82) is 0 Å². The predicted molar refractivity (Wildman–Crippen MR) is 89.3 cm³/mol. The third kappa shape index (κ3) is 2.54. The van der Waals surface area contributed by atoms with E-state index in [1.165, 1.54) is 19.1 Å². The van der Waals surface area contributed by atoms with E-state index in [0.29, 0.717) is 6.42 Å². The molecule has 24 heavy (non-hydrogen) atoms.